The van der Waals surface area contributed by atoms with Gasteiger partial charge in [-0.15, -0.1) is 0 Å². The number of hydrogen-bond donors (Lipinski definition) is 2. The number of rotatable bonds is 11. The van der Waals surface area contributed by atoms with E-state index in [0.717, 1.165) is 77.7 Å². The SMILES string of the molecule is CS(=O)(=O)N1CCN(c2ccc(N3CCCC3=O)cc2COc2ccc(-c3c(C4CCCCC4)c4ccc(C(=O)O)cc4n3CC(=O)O)cc2)CC1. The third-order valence-corrected chi connectivity index (χ3v) is 12.0. The lowest BCUT2D eigenvalue weighted by atomic mass is 9.82. The van der Waals surface area contributed by atoms with Crippen LogP contribution in [-0.2, 0) is 32.8 Å². The first-order valence-corrected chi connectivity index (χ1v) is 19.8. The van der Waals surface area contributed by atoms with Gasteiger partial charge in [0.2, 0.25) is 15.9 Å². The van der Waals surface area contributed by atoms with Gasteiger partial charge in [-0.05, 0) is 90.9 Å². The average molecular weight is 729 g/mol. The highest BCUT2D eigenvalue weighted by atomic mass is 32.2. The molecular weight excluding hydrogens is 685 g/mol. The molecule has 0 unspecified atom stereocenters. The molecule has 2 aliphatic heterocycles. The van der Waals surface area contributed by atoms with Gasteiger partial charge in [0.05, 0.1) is 23.0 Å². The van der Waals surface area contributed by atoms with Crippen LogP contribution in [0.5, 0.6) is 5.75 Å². The maximum atomic E-state index is 12.6. The Morgan fingerprint density at radius 2 is 1.60 bits per heavy atom. The van der Waals surface area contributed by atoms with Gasteiger partial charge in [0, 0.05) is 61.5 Å². The Morgan fingerprint density at radius 1 is 0.865 bits per heavy atom. The van der Waals surface area contributed by atoms with Gasteiger partial charge in [-0.2, -0.15) is 4.31 Å². The number of carbonyl (C=O) groups excluding carboxylic acids is 1. The van der Waals surface area contributed by atoms with Crippen LogP contribution in [0.25, 0.3) is 22.2 Å². The van der Waals surface area contributed by atoms with Crippen LogP contribution in [0.15, 0.2) is 60.7 Å². The summed E-state index contributed by atoms with van der Waals surface area (Å²) in [5.41, 5.74) is 5.99. The maximum absolute atomic E-state index is 12.6. The van der Waals surface area contributed by atoms with Crippen LogP contribution in [0.3, 0.4) is 0 Å². The van der Waals surface area contributed by atoms with Crippen molar-refractivity contribution in [1.82, 2.24) is 8.87 Å². The van der Waals surface area contributed by atoms with Gasteiger partial charge in [-0.3, -0.25) is 9.59 Å². The predicted octanol–water partition coefficient (Wildman–Crippen LogP) is 5.93. The number of piperazine rings is 1. The van der Waals surface area contributed by atoms with Crippen LogP contribution >= 0.6 is 0 Å². The molecule has 13 heteroatoms. The molecule has 0 radical (unpaired) electrons. The molecule has 3 fully saturated rings. The fraction of sp³-hybridized carbons (Fsp3) is 0.410. The van der Waals surface area contributed by atoms with Gasteiger partial charge in [-0.1, -0.05) is 25.3 Å². The van der Waals surface area contributed by atoms with Crippen molar-refractivity contribution >= 4 is 50.1 Å². The quantitative estimate of drug-likeness (QED) is 0.192. The van der Waals surface area contributed by atoms with Crippen molar-refractivity contribution in [3.05, 3.63) is 77.4 Å². The molecule has 274 valence electrons. The summed E-state index contributed by atoms with van der Waals surface area (Å²) in [5, 5.41) is 20.6. The van der Waals surface area contributed by atoms with Crippen molar-refractivity contribution < 1.29 is 37.8 Å². The van der Waals surface area contributed by atoms with E-state index in [4.69, 9.17) is 4.74 Å². The van der Waals surface area contributed by atoms with Crippen molar-refractivity contribution in [1.29, 1.82) is 0 Å². The molecule has 52 heavy (non-hydrogen) atoms. The number of sulfonamides is 1. The summed E-state index contributed by atoms with van der Waals surface area (Å²) < 4.78 is 33.9. The molecule has 2 saturated heterocycles. The van der Waals surface area contributed by atoms with Gasteiger partial charge < -0.3 is 29.3 Å². The second-order valence-corrected chi connectivity index (χ2v) is 16.0. The van der Waals surface area contributed by atoms with Crippen molar-refractivity contribution in [2.75, 3.05) is 48.8 Å². The molecule has 7 rings (SSSR count). The molecule has 3 aliphatic rings. The lowest BCUT2D eigenvalue weighted by Crippen LogP contribution is -2.48. The smallest absolute Gasteiger partial charge is 0.335 e. The van der Waals surface area contributed by atoms with Crippen LogP contribution in [-0.4, -0.2) is 84.3 Å². The molecule has 1 amide bonds. The molecule has 2 N–H and O–H groups in total. The van der Waals surface area contributed by atoms with E-state index in [2.05, 4.69) is 4.90 Å². The second kappa shape index (κ2) is 14.6. The number of ether oxygens (including phenoxy) is 1. The predicted molar refractivity (Wildman–Crippen MR) is 199 cm³/mol. The first kappa shape index (κ1) is 35.5. The lowest BCUT2D eigenvalue weighted by Gasteiger charge is -2.36. The fourth-order valence-corrected chi connectivity index (χ4v) is 8.97. The summed E-state index contributed by atoms with van der Waals surface area (Å²) in [6.45, 7) is 2.37. The number of aliphatic carboxylic acids is 1. The number of fused-ring (bicyclic) bond motifs is 1. The van der Waals surface area contributed by atoms with Crippen LogP contribution in [0.2, 0.25) is 0 Å². The van der Waals surface area contributed by atoms with Crippen molar-refractivity contribution in [2.45, 2.75) is 64.0 Å². The highest BCUT2D eigenvalue weighted by molar-refractivity contribution is 7.88. The molecular formula is C39H44N4O8S. The van der Waals surface area contributed by atoms with E-state index in [1.165, 1.54) is 10.6 Å². The number of aromatic carboxylic acids is 1. The summed E-state index contributed by atoms with van der Waals surface area (Å²) in [6, 6.07) is 18.5. The molecule has 3 aromatic carbocycles. The monoisotopic (exact) mass is 728 g/mol. The molecule has 0 bridgehead atoms. The Morgan fingerprint density at radius 3 is 2.23 bits per heavy atom. The van der Waals surface area contributed by atoms with Crippen LogP contribution in [0, 0.1) is 0 Å². The highest BCUT2D eigenvalue weighted by Gasteiger charge is 2.29. The maximum Gasteiger partial charge on any atom is 0.335 e. The van der Waals surface area contributed by atoms with Gasteiger partial charge in [0.1, 0.15) is 18.9 Å². The van der Waals surface area contributed by atoms with Crippen molar-refractivity contribution in [3.8, 4) is 17.0 Å². The molecule has 4 aromatic rings. The number of carboxylic acid groups (broad SMARTS) is 2. The van der Waals surface area contributed by atoms with Gasteiger partial charge in [-0.25, -0.2) is 13.2 Å². The molecule has 1 saturated carbocycles. The number of amides is 1. The number of benzene rings is 3. The zero-order valence-corrected chi connectivity index (χ0v) is 30.1. The Balaban J connectivity index is 1.20. The summed E-state index contributed by atoms with van der Waals surface area (Å²) in [4.78, 5) is 40.7. The third kappa shape index (κ3) is 7.24. The zero-order chi connectivity index (χ0) is 36.6. The van der Waals surface area contributed by atoms with Gasteiger partial charge in [0.15, 0.2) is 0 Å². The molecule has 1 aliphatic carbocycles. The first-order chi connectivity index (χ1) is 25.0. The minimum atomic E-state index is -3.28. The van der Waals surface area contributed by atoms with E-state index in [-0.39, 0.29) is 30.5 Å². The molecule has 12 nitrogen and oxygen atoms in total. The Kier molecular flexibility index (Phi) is 9.99. The van der Waals surface area contributed by atoms with E-state index < -0.39 is 22.0 Å². The summed E-state index contributed by atoms with van der Waals surface area (Å²) in [6.07, 6.45) is 7.83. The Labute approximate surface area is 303 Å². The highest BCUT2D eigenvalue weighted by Crippen LogP contribution is 2.44. The lowest BCUT2D eigenvalue weighted by molar-refractivity contribution is -0.137. The Bertz CT molecular complexity index is 2110. The third-order valence-electron chi connectivity index (χ3n) is 10.7. The number of carbonyl (C=O) groups is 3. The summed E-state index contributed by atoms with van der Waals surface area (Å²) in [5.74, 6) is -1.17. The van der Waals surface area contributed by atoms with Crippen molar-refractivity contribution in [3.63, 3.8) is 0 Å². The number of carboxylic acids is 2. The van der Waals surface area contributed by atoms with Crippen LogP contribution < -0.4 is 14.5 Å². The normalized spacial score (nSPS) is 17.6. The minimum absolute atomic E-state index is 0.0871. The van der Waals surface area contributed by atoms with E-state index in [1.54, 1.807) is 21.6 Å². The molecule has 0 spiro atoms. The Hall–Kier alpha value is -4.88. The van der Waals surface area contributed by atoms with Gasteiger partial charge in [0.25, 0.3) is 0 Å². The standard InChI is InChI=1S/C39H44N4O8S/c1-52(49,50)41-20-18-40(19-21-41)33-16-12-30(42-17-5-8-35(42)44)22-29(33)25-51-31-13-9-27(10-14-31)38-37(26-6-3-2-4-7-26)32-15-11-28(39(47)48)23-34(32)43(38)24-36(45)46/h9-16,22-23,26H,2-8,17-21,24-25H2,1H3,(H,45,46)(H,47,48). The zero-order valence-electron chi connectivity index (χ0n) is 29.3. The fourth-order valence-electron chi connectivity index (χ4n) is 8.14. The van der Waals surface area contributed by atoms with Crippen LogP contribution in [0.1, 0.15) is 72.3 Å². The number of aromatic nitrogens is 1. The van der Waals surface area contributed by atoms with E-state index >= 15 is 0 Å². The molecule has 0 atom stereocenters. The topological polar surface area (TPSA) is 150 Å². The number of nitrogens with zero attached hydrogens (tertiary/aromatic N) is 4. The largest absolute Gasteiger partial charge is 0.489 e. The minimum Gasteiger partial charge on any atom is -0.489 e. The number of anilines is 2. The van der Waals surface area contributed by atoms with Crippen LogP contribution in [0.4, 0.5) is 11.4 Å². The van der Waals surface area contributed by atoms with E-state index in [9.17, 15) is 33.0 Å². The van der Waals surface area contributed by atoms with E-state index in [1.807, 2.05) is 48.5 Å². The van der Waals surface area contributed by atoms with Gasteiger partial charge >= 0.3 is 11.9 Å². The van der Waals surface area contributed by atoms with E-state index in [0.29, 0.717) is 50.4 Å². The molecule has 3 heterocycles. The molecule has 1 aromatic heterocycles. The first-order valence-electron chi connectivity index (χ1n) is 18.0. The summed E-state index contributed by atoms with van der Waals surface area (Å²) >= 11 is 0. The van der Waals surface area contributed by atoms with Crippen molar-refractivity contribution in [2.24, 2.45) is 0 Å². The number of hydrogen-bond acceptors (Lipinski definition) is 7. The second-order valence-electron chi connectivity index (χ2n) is 14.0. The summed E-state index contributed by atoms with van der Waals surface area (Å²) in [7, 11) is -3.28. The average Bonchev–Trinajstić information content (AvgIpc) is 3.71.